The average molecular weight is 301 g/mol. The van der Waals surface area contributed by atoms with Crippen LogP contribution in [0.2, 0.25) is 0 Å². The van der Waals surface area contributed by atoms with Gasteiger partial charge in [0.05, 0.1) is 18.7 Å². The van der Waals surface area contributed by atoms with Gasteiger partial charge in [0, 0.05) is 0 Å². The van der Waals surface area contributed by atoms with E-state index in [1.807, 2.05) is 30.3 Å². The number of aliphatic hydroxyl groups is 1. The Morgan fingerprint density at radius 2 is 2.00 bits per heavy atom. The van der Waals surface area contributed by atoms with E-state index in [1.54, 1.807) is 12.1 Å². The van der Waals surface area contributed by atoms with Gasteiger partial charge >= 0.3 is 0 Å². The first kappa shape index (κ1) is 14.5. The third-order valence-corrected chi connectivity index (χ3v) is 3.37. The highest BCUT2D eigenvalue weighted by molar-refractivity contribution is 5.95. The SMILES string of the molecule is OCCOc1cccc(C2=NC[C@@H](c3ccccc3)O2)c1F. The van der Waals surface area contributed by atoms with Crippen LogP contribution in [-0.4, -0.2) is 30.8 Å². The molecule has 0 aliphatic carbocycles. The molecule has 0 unspecified atom stereocenters. The minimum atomic E-state index is -0.525. The van der Waals surface area contributed by atoms with Crippen LogP contribution in [0, 0.1) is 5.82 Å². The minimum Gasteiger partial charge on any atom is -0.488 e. The molecule has 1 aliphatic rings. The zero-order valence-electron chi connectivity index (χ0n) is 11.9. The Hall–Kier alpha value is -2.40. The van der Waals surface area contributed by atoms with Gasteiger partial charge in [0.15, 0.2) is 11.6 Å². The average Bonchev–Trinajstić information content (AvgIpc) is 3.04. The monoisotopic (exact) mass is 301 g/mol. The van der Waals surface area contributed by atoms with Gasteiger partial charge in [-0.05, 0) is 17.7 Å². The number of hydrogen-bond donors (Lipinski definition) is 1. The molecule has 3 rings (SSSR count). The largest absolute Gasteiger partial charge is 0.488 e. The van der Waals surface area contributed by atoms with Gasteiger partial charge in [-0.2, -0.15) is 0 Å². The van der Waals surface area contributed by atoms with Gasteiger partial charge < -0.3 is 14.6 Å². The molecule has 2 aromatic rings. The maximum atomic E-state index is 14.4. The molecule has 0 saturated heterocycles. The third-order valence-electron chi connectivity index (χ3n) is 3.37. The Morgan fingerprint density at radius 3 is 2.77 bits per heavy atom. The minimum absolute atomic E-state index is 0.0420. The van der Waals surface area contributed by atoms with Crippen LogP contribution in [0.5, 0.6) is 5.75 Å². The highest BCUT2D eigenvalue weighted by Crippen LogP contribution is 2.28. The van der Waals surface area contributed by atoms with E-state index >= 15 is 0 Å². The molecule has 1 aliphatic heterocycles. The summed E-state index contributed by atoms with van der Waals surface area (Å²) in [5, 5.41) is 8.76. The van der Waals surface area contributed by atoms with Crippen molar-refractivity contribution in [1.82, 2.24) is 0 Å². The Labute approximate surface area is 127 Å². The summed E-state index contributed by atoms with van der Waals surface area (Å²) >= 11 is 0. The first-order valence-electron chi connectivity index (χ1n) is 7.08. The molecular formula is C17H16FNO3. The van der Waals surface area contributed by atoms with Crippen molar-refractivity contribution in [1.29, 1.82) is 0 Å². The molecule has 22 heavy (non-hydrogen) atoms. The summed E-state index contributed by atoms with van der Waals surface area (Å²) in [6.45, 7) is 0.331. The number of aliphatic imine (C=N–C) groups is 1. The quantitative estimate of drug-likeness (QED) is 0.924. The maximum absolute atomic E-state index is 14.4. The van der Waals surface area contributed by atoms with Gasteiger partial charge in [0.25, 0.3) is 0 Å². The Balaban J connectivity index is 1.78. The van der Waals surface area contributed by atoms with Crippen molar-refractivity contribution in [2.45, 2.75) is 6.10 Å². The zero-order chi connectivity index (χ0) is 15.4. The molecule has 5 heteroatoms. The van der Waals surface area contributed by atoms with Crippen molar-refractivity contribution in [3.8, 4) is 5.75 Å². The van der Waals surface area contributed by atoms with E-state index in [1.165, 1.54) is 6.07 Å². The van der Waals surface area contributed by atoms with Gasteiger partial charge in [0.1, 0.15) is 12.7 Å². The van der Waals surface area contributed by atoms with Gasteiger partial charge in [-0.15, -0.1) is 0 Å². The van der Waals surface area contributed by atoms with Crippen LogP contribution in [0.25, 0.3) is 0 Å². The lowest BCUT2D eigenvalue weighted by Gasteiger charge is -2.13. The molecule has 0 aromatic heterocycles. The zero-order valence-corrected chi connectivity index (χ0v) is 11.9. The van der Waals surface area contributed by atoms with Crippen molar-refractivity contribution in [3.05, 3.63) is 65.5 Å². The fraction of sp³-hybridized carbons (Fsp3) is 0.235. The number of nitrogens with zero attached hydrogens (tertiary/aromatic N) is 1. The van der Waals surface area contributed by atoms with Crippen molar-refractivity contribution >= 4 is 5.90 Å². The number of ether oxygens (including phenoxy) is 2. The summed E-state index contributed by atoms with van der Waals surface area (Å²) < 4.78 is 25.4. The molecule has 1 N–H and O–H groups in total. The topological polar surface area (TPSA) is 51.0 Å². The predicted octanol–water partition coefficient (Wildman–Crippen LogP) is 2.71. The highest BCUT2D eigenvalue weighted by Gasteiger charge is 2.25. The fourth-order valence-electron chi connectivity index (χ4n) is 2.31. The summed E-state index contributed by atoms with van der Waals surface area (Å²) in [4.78, 5) is 4.30. The molecule has 0 saturated carbocycles. The first-order valence-corrected chi connectivity index (χ1v) is 7.08. The molecule has 1 atom stereocenters. The fourth-order valence-corrected chi connectivity index (χ4v) is 2.31. The van der Waals surface area contributed by atoms with E-state index in [4.69, 9.17) is 14.6 Å². The van der Waals surface area contributed by atoms with E-state index in [9.17, 15) is 4.39 Å². The number of hydrogen-bond acceptors (Lipinski definition) is 4. The summed E-state index contributed by atoms with van der Waals surface area (Å²) in [5.41, 5.74) is 1.28. The lowest BCUT2D eigenvalue weighted by Crippen LogP contribution is -2.10. The summed E-state index contributed by atoms with van der Waals surface area (Å²) in [6, 6.07) is 14.5. The van der Waals surface area contributed by atoms with Crippen LogP contribution in [0.3, 0.4) is 0 Å². The Kier molecular flexibility index (Phi) is 4.34. The molecule has 4 nitrogen and oxygen atoms in total. The standard InChI is InChI=1S/C17H16FNO3/c18-16-13(7-4-8-14(16)21-10-9-20)17-19-11-15(22-17)12-5-2-1-3-6-12/h1-8,15,20H,9-11H2/t15-/m0/s1. The second kappa shape index (κ2) is 6.58. The number of aliphatic hydroxyl groups excluding tert-OH is 1. The number of rotatable bonds is 5. The Bertz CT molecular complexity index is 673. The second-order valence-electron chi connectivity index (χ2n) is 4.85. The van der Waals surface area contributed by atoms with E-state index in [2.05, 4.69) is 4.99 Å². The first-order chi connectivity index (χ1) is 10.8. The van der Waals surface area contributed by atoms with Crippen LogP contribution in [0.4, 0.5) is 4.39 Å². The predicted molar refractivity (Wildman–Crippen MR) is 80.7 cm³/mol. The van der Waals surface area contributed by atoms with Crippen molar-refractivity contribution < 1.29 is 19.0 Å². The van der Waals surface area contributed by atoms with Gasteiger partial charge in [-0.25, -0.2) is 9.38 Å². The van der Waals surface area contributed by atoms with Crippen LogP contribution in [0.15, 0.2) is 53.5 Å². The van der Waals surface area contributed by atoms with Crippen LogP contribution in [-0.2, 0) is 4.74 Å². The summed E-state index contributed by atoms with van der Waals surface area (Å²) in [7, 11) is 0. The molecule has 0 fully saturated rings. The van der Waals surface area contributed by atoms with Crippen LogP contribution in [0.1, 0.15) is 17.2 Å². The highest BCUT2D eigenvalue weighted by atomic mass is 19.1. The smallest absolute Gasteiger partial charge is 0.220 e. The molecule has 1 heterocycles. The molecular weight excluding hydrogens is 285 g/mol. The molecule has 0 radical (unpaired) electrons. The molecule has 114 valence electrons. The molecule has 0 amide bonds. The van der Waals surface area contributed by atoms with Gasteiger partial charge in [-0.3, -0.25) is 0 Å². The number of benzene rings is 2. The van der Waals surface area contributed by atoms with Crippen molar-refractivity contribution in [2.75, 3.05) is 19.8 Å². The Morgan fingerprint density at radius 1 is 1.18 bits per heavy atom. The van der Waals surface area contributed by atoms with Gasteiger partial charge in [0.2, 0.25) is 5.90 Å². The lowest BCUT2D eigenvalue weighted by atomic mass is 10.1. The van der Waals surface area contributed by atoms with Crippen LogP contribution >= 0.6 is 0 Å². The van der Waals surface area contributed by atoms with Crippen molar-refractivity contribution in [2.24, 2.45) is 4.99 Å². The van der Waals surface area contributed by atoms with E-state index in [0.29, 0.717) is 6.54 Å². The van der Waals surface area contributed by atoms with Crippen molar-refractivity contribution in [3.63, 3.8) is 0 Å². The summed E-state index contributed by atoms with van der Waals surface area (Å²) in [5.74, 6) is -0.162. The second-order valence-corrected chi connectivity index (χ2v) is 4.85. The molecule has 0 spiro atoms. The number of halogens is 1. The molecule has 2 aromatic carbocycles. The van der Waals surface area contributed by atoms with E-state index in [-0.39, 0.29) is 36.5 Å². The van der Waals surface area contributed by atoms with E-state index < -0.39 is 5.82 Å². The maximum Gasteiger partial charge on any atom is 0.220 e. The van der Waals surface area contributed by atoms with E-state index in [0.717, 1.165) is 5.56 Å². The lowest BCUT2D eigenvalue weighted by molar-refractivity contribution is 0.196. The third kappa shape index (κ3) is 2.94. The van der Waals surface area contributed by atoms with Gasteiger partial charge in [-0.1, -0.05) is 36.4 Å². The normalized spacial score (nSPS) is 17.0. The summed E-state index contributed by atoms with van der Waals surface area (Å²) in [6.07, 6.45) is -0.197. The molecule has 0 bridgehead atoms. The van der Waals surface area contributed by atoms with Crippen LogP contribution < -0.4 is 4.74 Å².